The molecule has 2 aliphatic rings. The summed E-state index contributed by atoms with van der Waals surface area (Å²) in [5, 5.41) is 7.06. The summed E-state index contributed by atoms with van der Waals surface area (Å²) in [7, 11) is 0. The number of nitrogens with zero attached hydrogens (tertiary/aromatic N) is 4. The van der Waals surface area contributed by atoms with E-state index < -0.39 is 0 Å². The highest BCUT2D eigenvalue weighted by molar-refractivity contribution is 5.90. The molecule has 0 aromatic heterocycles. The maximum absolute atomic E-state index is 4.79. The molecule has 0 aromatic rings. The zero-order valence-electron chi connectivity index (χ0n) is 13.2. The molecule has 1 fully saturated rings. The molecule has 0 atom stereocenters. The molecule has 0 aromatic carbocycles. The normalized spacial score (nSPS) is 22.9. The van der Waals surface area contributed by atoms with Gasteiger partial charge in [-0.25, -0.2) is 0 Å². The molecule has 0 amide bonds. The van der Waals surface area contributed by atoms with Gasteiger partial charge in [-0.1, -0.05) is 27.7 Å². The van der Waals surface area contributed by atoms with Crippen molar-refractivity contribution in [1.29, 1.82) is 0 Å². The van der Waals surface area contributed by atoms with Crippen LogP contribution in [0.3, 0.4) is 0 Å². The summed E-state index contributed by atoms with van der Waals surface area (Å²) >= 11 is 0. The van der Waals surface area contributed by atoms with E-state index >= 15 is 0 Å². The van der Waals surface area contributed by atoms with Crippen molar-refractivity contribution in [2.45, 2.75) is 34.1 Å². The smallest absolute Gasteiger partial charge is 0.0487 e. The van der Waals surface area contributed by atoms with Crippen LogP contribution in [-0.4, -0.2) is 72.9 Å². The Bertz CT molecular complexity index is 311. The maximum atomic E-state index is 4.79. The fourth-order valence-corrected chi connectivity index (χ4v) is 2.78. The fraction of sp³-hybridized carbons (Fsp3) is 0.933. The van der Waals surface area contributed by atoms with Gasteiger partial charge in [-0.15, -0.1) is 0 Å². The number of hydrogen-bond acceptors (Lipinski definition) is 4. The Balaban J connectivity index is 1.71. The zero-order valence-corrected chi connectivity index (χ0v) is 13.2. The van der Waals surface area contributed by atoms with Crippen molar-refractivity contribution in [2.24, 2.45) is 10.5 Å². The third-order valence-electron chi connectivity index (χ3n) is 4.32. The van der Waals surface area contributed by atoms with Gasteiger partial charge in [0, 0.05) is 63.4 Å². The van der Waals surface area contributed by atoms with Crippen molar-refractivity contribution < 1.29 is 0 Å². The number of piperazine rings is 1. The van der Waals surface area contributed by atoms with Crippen LogP contribution in [0.4, 0.5) is 0 Å². The summed E-state index contributed by atoms with van der Waals surface area (Å²) in [5.74, 6) is 0. The molecule has 2 rings (SSSR count). The summed E-state index contributed by atoms with van der Waals surface area (Å²) in [4.78, 5) is 5.11. The van der Waals surface area contributed by atoms with Crippen LogP contribution in [0.25, 0.3) is 0 Å². The van der Waals surface area contributed by atoms with Crippen LogP contribution in [0.15, 0.2) is 5.10 Å². The Morgan fingerprint density at radius 3 is 2.11 bits per heavy atom. The van der Waals surface area contributed by atoms with Gasteiger partial charge in [0.1, 0.15) is 0 Å². The lowest BCUT2D eigenvalue weighted by molar-refractivity contribution is 0.125. The topological polar surface area (TPSA) is 22.1 Å². The van der Waals surface area contributed by atoms with Crippen molar-refractivity contribution in [1.82, 2.24) is 14.8 Å². The van der Waals surface area contributed by atoms with Gasteiger partial charge in [-0.05, 0) is 6.54 Å². The Labute approximate surface area is 118 Å². The predicted octanol–water partition coefficient (Wildman–Crippen LogP) is 1.73. The van der Waals surface area contributed by atoms with Crippen LogP contribution in [-0.2, 0) is 0 Å². The molecule has 2 aliphatic heterocycles. The van der Waals surface area contributed by atoms with Gasteiger partial charge in [0.05, 0.1) is 0 Å². The molecule has 0 radical (unpaired) electrons. The van der Waals surface area contributed by atoms with Gasteiger partial charge in [0.25, 0.3) is 0 Å². The van der Waals surface area contributed by atoms with Crippen molar-refractivity contribution in [3.8, 4) is 0 Å². The first-order chi connectivity index (χ1) is 8.99. The highest BCUT2D eigenvalue weighted by atomic mass is 15.5. The molecule has 1 saturated heterocycles. The van der Waals surface area contributed by atoms with E-state index in [1.54, 1.807) is 0 Å². The summed E-state index contributed by atoms with van der Waals surface area (Å²) in [6.45, 7) is 18.5. The molecule has 4 nitrogen and oxygen atoms in total. The lowest BCUT2D eigenvalue weighted by Crippen LogP contribution is -2.47. The van der Waals surface area contributed by atoms with E-state index in [2.05, 4.69) is 42.5 Å². The van der Waals surface area contributed by atoms with Gasteiger partial charge < -0.3 is 4.90 Å². The van der Waals surface area contributed by atoms with E-state index in [0.29, 0.717) is 0 Å². The molecule has 0 saturated carbocycles. The van der Waals surface area contributed by atoms with Gasteiger partial charge in [-0.2, -0.15) is 5.10 Å². The summed E-state index contributed by atoms with van der Waals surface area (Å²) < 4.78 is 0. The largest absolute Gasteiger partial charge is 0.301 e. The molecule has 110 valence electrons. The van der Waals surface area contributed by atoms with Crippen molar-refractivity contribution in [3.63, 3.8) is 0 Å². The average molecular weight is 266 g/mol. The second-order valence-electron chi connectivity index (χ2n) is 6.78. The van der Waals surface area contributed by atoms with Crippen LogP contribution in [0.1, 0.15) is 34.1 Å². The lowest BCUT2D eigenvalue weighted by Gasteiger charge is -2.34. The van der Waals surface area contributed by atoms with E-state index in [9.17, 15) is 0 Å². The third kappa shape index (κ3) is 4.18. The standard InChI is InChI=1S/C15H30N4/c1-5-17-8-10-18(11-9-17)12-13-19-7-6-14(16-19)15(2,3)4/h5-13H2,1-4H3. The quantitative estimate of drug-likeness (QED) is 0.774. The number of likely N-dealkylation sites (N-methyl/N-ethyl adjacent to an activating group) is 1. The number of hydrogen-bond donors (Lipinski definition) is 0. The minimum Gasteiger partial charge on any atom is -0.301 e. The van der Waals surface area contributed by atoms with Crippen LogP contribution in [0.5, 0.6) is 0 Å². The van der Waals surface area contributed by atoms with E-state index in [4.69, 9.17) is 5.10 Å². The SMILES string of the molecule is CCN1CCN(CCN2CCC(C(C)(C)C)=N2)CC1. The molecular formula is C15H30N4. The Kier molecular flexibility index (Phi) is 4.85. The molecule has 0 N–H and O–H groups in total. The van der Waals surface area contributed by atoms with Gasteiger partial charge >= 0.3 is 0 Å². The van der Waals surface area contributed by atoms with E-state index in [1.807, 2.05) is 0 Å². The summed E-state index contributed by atoms with van der Waals surface area (Å²) in [6, 6.07) is 0. The first kappa shape index (κ1) is 14.8. The van der Waals surface area contributed by atoms with Gasteiger partial charge in [0.2, 0.25) is 0 Å². The lowest BCUT2D eigenvalue weighted by atomic mass is 9.89. The van der Waals surface area contributed by atoms with Gasteiger partial charge in [-0.3, -0.25) is 9.91 Å². The van der Waals surface area contributed by atoms with E-state index in [-0.39, 0.29) is 5.41 Å². The molecule has 19 heavy (non-hydrogen) atoms. The van der Waals surface area contributed by atoms with Crippen molar-refractivity contribution >= 4 is 5.71 Å². The van der Waals surface area contributed by atoms with Crippen LogP contribution < -0.4 is 0 Å². The molecule has 0 spiro atoms. The first-order valence-corrected chi connectivity index (χ1v) is 7.76. The fourth-order valence-electron chi connectivity index (χ4n) is 2.78. The third-order valence-corrected chi connectivity index (χ3v) is 4.32. The zero-order chi connectivity index (χ0) is 13.9. The molecule has 4 heteroatoms. The van der Waals surface area contributed by atoms with Gasteiger partial charge in [0.15, 0.2) is 0 Å². The molecular weight excluding hydrogens is 236 g/mol. The molecule has 0 aliphatic carbocycles. The van der Waals surface area contributed by atoms with Crippen LogP contribution >= 0.6 is 0 Å². The van der Waals surface area contributed by atoms with Crippen LogP contribution in [0, 0.1) is 5.41 Å². The average Bonchev–Trinajstić information content (AvgIpc) is 2.86. The molecule has 0 unspecified atom stereocenters. The summed E-state index contributed by atoms with van der Waals surface area (Å²) in [6.07, 6.45) is 1.15. The maximum Gasteiger partial charge on any atom is 0.0487 e. The first-order valence-electron chi connectivity index (χ1n) is 7.76. The molecule has 2 heterocycles. The Morgan fingerprint density at radius 1 is 0.947 bits per heavy atom. The van der Waals surface area contributed by atoms with E-state index in [0.717, 1.165) is 19.5 Å². The predicted molar refractivity (Wildman–Crippen MR) is 81.6 cm³/mol. The highest BCUT2D eigenvalue weighted by Gasteiger charge is 2.25. The van der Waals surface area contributed by atoms with Crippen molar-refractivity contribution in [3.05, 3.63) is 0 Å². The number of hydrazone groups is 1. The summed E-state index contributed by atoms with van der Waals surface area (Å²) in [5.41, 5.74) is 1.60. The Morgan fingerprint density at radius 2 is 1.58 bits per heavy atom. The monoisotopic (exact) mass is 266 g/mol. The highest BCUT2D eigenvalue weighted by Crippen LogP contribution is 2.23. The van der Waals surface area contributed by atoms with Crippen molar-refractivity contribution in [2.75, 3.05) is 52.4 Å². The van der Waals surface area contributed by atoms with Crippen LogP contribution in [0.2, 0.25) is 0 Å². The second-order valence-corrected chi connectivity index (χ2v) is 6.78. The minimum atomic E-state index is 0.238. The molecule has 0 bridgehead atoms. The van der Waals surface area contributed by atoms with E-state index in [1.165, 1.54) is 45.0 Å². The number of rotatable bonds is 4. The second kappa shape index (κ2) is 6.23. The Hall–Kier alpha value is -0.610. The minimum absolute atomic E-state index is 0.238.